The summed E-state index contributed by atoms with van der Waals surface area (Å²) in [7, 11) is 0. The van der Waals surface area contributed by atoms with Crippen molar-refractivity contribution in [2.24, 2.45) is 11.8 Å². The molecule has 7 heteroatoms. The Morgan fingerprint density at radius 2 is 2.06 bits per heavy atom. The molecule has 0 aliphatic carbocycles. The highest BCUT2D eigenvalue weighted by Crippen LogP contribution is 2.23. The van der Waals surface area contributed by atoms with Crippen LogP contribution in [0.15, 0.2) is 0 Å². The molecule has 92 valence electrons. The number of urea groups is 1. The monoisotopic (exact) mass is 236 g/mol. The molecule has 1 aliphatic heterocycles. The molecule has 16 heavy (non-hydrogen) atoms. The number of carbonyl (C=O) groups is 2. The van der Waals surface area contributed by atoms with Crippen LogP contribution in [0.2, 0.25) is 0 Å². The predicted molar refractivity (Wildman–Crippen MR) is 51.3 cm³/mol. The fraction of sp³-hybridized carbons (Fsp3) is 0.778. The molecule has 0 aromatic carbocycles. The number of aliphatic carboxylic acids is 1. The van der Waals surface area contributed by atoms with Crippen molar-refractivity contribution < 1.29 is 23.5 Å². The first-order valence-electron chi connectivity index (χ1n) is 4.95. The summed E-state index contributed by atoms with van der Waals surface area (Å²) < 4.78 is 23.6. The molecule has 5 nitrogen and oxygen atoms in total. The van der Waals surface area contributed by atoms with Crippen LogP contribution in [0.5, 0.6) is 0 Å². The fourth-order valence-corrected chi connectivity index (χ4v) is 1.47. The van der Waals surface area contributed by atoms with Gasteiger partial charge < -0.3 is 15.3 Å². The average molecular weight is 236 g/mol. The van der Waals surface area contributed by atoms with Crippen LogP contribution >= 0.6 is 0 Å². The Morgan fingerprint density at radius 3 is 2.50 bits per heavy atom. The quantitative estimate of drug-likeness (QED) is 0.751. The first-order valence-corrected chi connectivity index (χ1v) is 4.95. The molecule has 1 rings (SSSR count). The number of carboxylic acids is 1. The van der Waals surface area contributed by atoms with E-state index in [4.69, 9.17) is 5.11 Å². The van der Waals surface area contributed by atoms with E-state index in [0.717, 1.165) is 0 Å². The molecule has 1 aliphatic rings. The van der Waals surface area contributed by atoms with Gasteiger partial charge in [-0.25, -0.2) is 13.6 Å². The molecule has 0 bridgehead atoms. The van der Waals surface area contributed by atoms with Gasteiger partial charge in [-0.05, 0) is 0 Å². The van der Waals surface area contributed by atoms with Crippen molar-refractivity contribution in [2.45, 2.75) is 13.3 Å². The van der Waals surface area contributed by atoms with Gasteiger partial charge in [0.15, 0.2) is 0 Å². The van der Waals surface area contributed by atoms with Crippen LogP contribution in [0, 0.1) is 11.8 Å². The van der Waals surface area contributed by atoms with E-state index < -0.39 is 30.9 Å². The Hall–Kier alpha value is -1.40. The second-order valence-corrected chi connectivity index (χ2v) is 3.87. The van der Waals surface area contributed by atoms with Crippen LogP contribution in [0.25, 0.3) is 0 Å². The maximum absolute atomic E-state index is 11.8. The molecule has 1 atom stereocenters. The molecule has 1 heterocycles. The third kappa shape index (κ3) is 3.04. The van der Waals surface area contributed by atoms with Crippen molar-refractivity contribution in [1.82, 2.24) is 10.2 Å². The van der Waals surface area contributed by atoms with Gasteiger partial charge in [-0.2, -0.15) is 0 Å². The number of hydrogen-bond acceptors (Lipinski definition) is 2. The van der Waals surface area contributed by atoms with Gasteiger partial charge in [0.2, 0.25) is 0 Å². The maximum atomic E-state index is 11.8. The van der Waals surface area contributed by atoms with Gasteiger partial charge >= 0.3 is 12.0 Å². The van der Waals surface area contributed by atoms with E-state index in [2.05, 4.69) is 5.32 Å². The van der Waals surface area contributed by atoms with Crippen LogP contribution in [0.3, 0.4) is 0 Å². The van der Waals surface area contributed by atoms with Gasteiger partial charge in [-0.3, -0.25) is 4.79 Å². The first kappa shape index (κ1) is 12.7. The predicted octanol–water partition coefficient (Wildman–Crippen LogP) is 0.614. The molecular weight excluding hydrogens is 222 g/mol. The van der Waals surface area contributed by atoms with Crippen molar-refractivity contribution >= 4 is 12.0 Å². The van der Waals surface area contributed by atoms with Crippen molar-refractivity contribution in [3.05, 3.63) is 0 Å². The summed E-state index contributed by atoms with van der Waals surface area (Å²) in [6.45, 7) is 1.51. The minimum Gasteiger partial charge on any atom is -0.481 e. The Morgan fingerprint density at radius 1 is 1.50 bits per heavy atom. The Kier molecular flexibility index (Phi) is 4.03. The van der Waals surface area contributed by atoms with E-state index in [1.165, 1.54) is 4.90 Å². The molecule has 1 unspecified atom stereocenters. The smallest absolute Gasteiger partial charge is 0.317 e. The first-order chi connectivity index (χ1) is 7.41. The minimum atomic E-state index is -2.57. The van der Waals surface area contributed by atoms with Crippen LogP contribution in [-0.2, 0) is 4.79 Å². The zero-order valence-electron chi connectivity index (χ0n) is 8.82. The Balaban J connectivity index is 2.25. The average Bonchev–Trinajstić information content (AvgIpc) is 2.11. The normalized spacial score (nSPS) is 18.1. The van der Waals surface area contributed by atoms with E-state index in [0.29, 0.717) is 13.1 Å². The van der Waals surface area contributed by atoms with E-state index in [9.17, 15) is 18.4 Å². The zero-order chi connectivity index (χ0) is 12.3. The number of nitrogens with one attached hydrogen (secondary N) is 1. The number of alkyl halides is 2. The van der Waals surface area contributed by atoms with E-state index in [1.807, 2.05) is 0 Å². The summed E-state index contributed by atoms with van der Waals surface area (Å²) >= 11 is 0. The summed E-state index contributed by atoms with van der Waals surface area (Å²) in [5.41, 5.74) is 0. The summed E-state index contributed by atoms with van der Waals surface area (Å²) in [5.74, 6) is -1.51. The van der Waals surface area contributed by atoms with Crippen LogP contribution in [0.4, 0.5) is 13.6 Å². The van der Waals surface area contributed by atoms with Gasteiger partial charge in [0.05, 0.1) is 12.5 Å². The van der Waals surface area contributed by atoms with E-state index >= 15 is 0 Å². The highest BCUT2D eigenvalue weighted by atomic mass is 19.3. The summed E-state index contributed by atoms with van der Waals surface area (Å²) in [5, 5.41) is 10.8. The van der Waals surface area contributed by atoms with Gasteiger partial charge in [0.1, 0.15) is 0 Å². The zero-order valence-corrected chi connectivity index (χ0v) is 8.82. The highest BCUT2D eigenvalue weighted by Gasteiger charge is 2.37. The third-order valence-corrected chi connectivity index (χ3v) is 2.70. The highest BCUT2D eigenvalue weighted by molar-refractivity contribution is 5.76. The third-order valence-electron chi connectivity index (χ3n) is 2.70. The topological polar surface area (TPSA) is 69.6 Å². The molecular formula is C9H14F2N2O3. The number of nitrogens with zero attached hydrogens (tertiary/aromatic N) is 1. The molecule has 2 N–H and O–H groups in total. The molecule has 1 saturated heterocycles. The van der Waals surface area contributed by atoms with Crippen molar-refractivity contribution in [2.75, 3.05) is 19.6 Å². The number of hydrogen-bond donors (Lipinski definition) is 2. The number of halogens is 2. The lowest BCUT2D eigenvalue weighted by Gasteiger charge is -2.40. The van der Waals surface area contributed by atoms with Crippen LogP contribution < -0.4 is 5.32 Å². The van der Waals surface area contributed by atoms with Gasteiger partial charge in [-0.15, -0.1) is 0 Å². The lowest BCUT2D eigenvalue weighted by Crippen LogP contribution is -2.56. The van der Waals surface area contributed by atoms with Crippen molar-refractivity contribution in [3.63, 3.8) is 0 Å². The van der Waals surface area contributed by atoms with Crippen LogP contribution in [0.1, 0.15) is 6.92 Å². The van der Waals surface area contributed by atoms with Crippen molar-refractivity contribution in [1.29, 1.82) is 0 Å². The largest absolute Gasteiger partial charge is 0.481 e. The maximum Gasteiger partial charge on any atom is 0.317 e. The minimum absolute atomic E-state index is 0.0881. The number of carbonyl (C=O) groups excluding carboxylic acids is 1. The fourth-order valence-electron chi connectivity index (χ4n) is 1.47. The van der Waals surface area contributed by atoms with Gasteiger partial charge in [0.25, 0.3) is 6.43 Å². The van der Waals surface area contributed by atoms with Gasteiger partial charge in [-0.1, -0.05) is 6.92 Å². The molecule has 2 amide bonds. The molecule has 0 saturated carbocycles. The van der Waals surface area contributed by atoms with E-state index in [1.54, 1.807) is 6.92 Å². The Bertz CT molecular complexity index is 280. The molecule has 0 spiro atoms. The summed E-state index contributed by atoms with van der Waals surface area (Å²) in [6, 6.07) is -0.561. The molecule has 0 aromatic rings. The molecule has 0 radical (unpaired) electrons. The number of likely N-dealkylation sites (tertiary alicyclic amines) is 1. The summed E-state index contributed by atoms with van der Waals surface area (Å²) in [6.07, 6.45) is -2.57. The summed E-state index contributed by atoms with van der Waals surface area (Å²) in [4.78, 5) is 23.1. The lowest BCUT2D eigenvalue weighted by atomic mass is 9.87. The standard InChI is InChI=1S/C9H14F2N2O3/c1-5(8(14)15)6-3-13(4-6)9(16)12-2-7(10)11/h5-7H,2-4H2,1H3,(H,12,16)(H,14,15). The molecule has 0 aromatic heterocycles. The van der Waals surface area contributed by atoms with Gasteiger partial charge in [0, 0.05) is 19.0 Å². The number of carboxylic acid groups (broad SMARTS) is 1. The van der Waals surface area contributed by atoms with E-state index in [-0.39, 0.29) is 5.92 Å². The van der Waals surface area contributed by atoms with Crippen molar-refractivity contribution in [3.8, 4) is 0 Å². The Labute approximate surface area is 91.4 Å². The number of amides is 2. The van der Waals surface area contributed by atoms with Crippen LogP contribution in [-0.4, -0.2) is 48.1 Å². The SMILES string of the molecule is CC(C(=O)O)C1CN(C(=O)NCC(F)F)C1. The molecule has 1 fully saturated rings. The second-order valence-electron chi connectivity index (χ2n) is 3.87. The number of rotatable bonds is 4. The lowest BCUT2D eigenvalue weighted by molar-refractivity contribution is -0.144. The second kappa shape index (κ2) is 5.09.